The van der Waals surface area contributed by atoms with Crippen LogP contribution in [0.1, 0.15) is 77.7 Å². The normalized spacial score (nSPS) is 33.6. The van der Waals surface area contributed by atoms with Gasteiger partial charge >= 0.3 is 11.7 Å². The van der Waals surface area contributed by atoms with Gasteiger partial charge in [-0.25, -0.2) is 4.79 Å². The zero-order chi connectivity index (χ0) is 32.7. The summed E-state index contributed by atoms with van der Waals surface area (Å²) in [4.78, 5) is 53.3. The number of oxime groups is 1. The highest BCUT2D eigenvalue weighted by Crippen LogP contribution is 2.67. The fourth-order valence-electron chi connectivity index (χ4n) is 9.06. The topological polar surface area (TPSA) is 178 Å². The number of ketones is 1. The molecule has 1 aromatic carbocycles. The summed E-state index contributed by atoms with van der Waals surface area (Å²) in [5.41, 5.74) is 0.345. The van der Waals surface area contributed by atoms with E-state index in [1.165, 1.54) is 25.7 Å². The first-order valence-corrected chi connectivity index (χ1v) is 15.7. The second-order valence-electron chi connectivity index (χ2n) is 13.7. The molecule has 0 bridgehead atoms. The molecule has 3 fully saturated rings. The average molecular weight is 626 g/mol. The maximum absolute atomic E-state index is 12.7. The molecule has 5 rings (SSSR count). The number of Topliss-reactive ketones (excluding diaryl/α,β-unsaturated/α-hetero) is 1. The van der Waals surface area contributed by atoms with Gasteiger partial charge < -0.3 is 25.1 Å². The van der Waals surface area contributed by atoms with Crippen molar-refractivity contribution >= 4 is 29.1 Å². The number of carbonyl (C=O) groups excluding carboxylic acids is 3. The third-order valence-corrected chi connectivity index (χ3v) is 11.6. The van der Waals surface area contributed by atoms with E-state index < -0.39 is 46.5 Å². The lowest BCUT2D eigenvalue weighted by Gasteiger charge is -2.59. The van der Waals surface area contributed by atoms with Gasteiger partial charge in [0.15, 0.2) is 18.1 Å². The molecule has 1 amide bonds. The Bertz CT molecular complexity index is 1460. The van der Waals surface area contributed by atoms with E-state index in [0.29, 0.717) is 36.2 Å². The highest BCUT2D eigenvalue weighted by Gasteiger charge is 2.65. The number of hydrogen-bond acceptors (Lipinski definition) is 10. The van der Waals surface area contributed by atoms with E-state index in [-0.39, 0.29) is 23.0 Å². The number of rotatable bonds is 9. The number of aromatic hydroxyl groups is 1. The van der Waals surface area contributed by atoms with Crippen LogP contribution < -0.4 is 5.32 Å². The molecule has 7 atom stereocenters. The molecule has 12 heteroatoms. The molecule has 0 spiro atoms. The van der Waals surface area contributed by atoms with E-state index in [9.17, 15) is 34.7 Å². The highest BCUT2D eigenvalue weighted by atomic mass is 16.6. The lowest BCUT2D eigenvalue weighted by Crippen LogP contribution is -2.57. The number of nitro benzene ring substituents is 1. The van der Waals surface area contributed by atoms with Gasteiger partial charge in [-0.05, 0) is 99.2 Å². The van der Waals surface area contributed by atoms with Crippen molar-refractivity contribution in [3.63, 3.8) is 0 Å². The molecule has 12 nitrogen and oxygen atoms in total. The van der Waals surface area contributed by atoms with E-state index in [0.717, 1.165) is 56.4 Å². The predicted molar refractivity (Wildman–Crippen MR) is 163 cm³/mol. The maximum Gasteiger partial charge on any atom is 0.328 e. The van der Waals surface area contributed by atoms with E-state index in [1.54, 1.807) is 0 Å². The van der Waals surface area contributed by atoms with Gasteiger partial charge in [-0.15, -0.1) is 0 Å². The van der Waals surface area contributed by atoms with Crippen LogP contribution in [0.3, 0.4) is 0 Å². The molecule has 0 unspecified atom stereocenters. The van der Waals surface area contributed by atoms with Crippen LogP contribution >= 0.6 is 0 Å². The van der Waals surface area contributed by atoms with Gasteiger partial charge in [-0.3, -0.25) is 19.7 Å². The number of methoxy groups -OCH3 is 1. The summed E-state index contributed by atoms with van der Waals surface area (Å²) in [6.07, 6.45) is 8.78. The average Bonchev–Trinajstić information content (AvgIpc) is 3.28. The Labute approximate surface area is 262 Å². The van der Waals surface area contributed by atoms with Crippen molar-refractivity contribution in [1.29, 1.82) is 0 Å². The minimum Gasteiger partial charge on any atom is -0.502 e. The molecule has 0 heterocycles. The van der Waals surface area contributed by atoms with Gasteiger partial charge in [-0.1, -0.05) is 30.6 Å². The third kappa shape index (κ3) is 5.73. The van der Waals surface area contributed by atoms with Crippen molar-refractivity contribution in [1.82, 2.24) is 5.32 Å². The van der Waals surface area contributed by atoms with Crippen LogP contribution in [0, 0.1) is 38.7 Å². The number of phenols is 1. The van der Waals surface area contributed by atoms with Crippen LogP contribution in [-0.4, -0.2) is 63.9 Å². The van der Waals surface area contributed by atoms with Gasteiger partial charge in [0.05, 0.1) is 17.7 Å². The fourth-order valence-corrected chi connectivity index (χ4v) is 9.06. The second-order valence-corrected chi connectivity index (χ2v) is 13.7. The first-order chi connectivity index (χ1) is 21.2. The Morgan fingerprint density at radius 1 is 1.13 bits per heavy atom. The lowest BCUT2D eigenvalue weighted by atomic mass is 9.46. The molecule has 0 aliphatic heterocycles. The third-order valence-electron chi connectivity index (χ3n) is 11.6. The van der Waals surface area contributed by atoms with Gasteiger partial charge in [0.25, 0.3) is 5.91 Å². The van der Waals surface area contributed by atoms with Crippen LogP contribution in [0.15, 0.2) is 35.0 Å². The van der Waals surface area contributed by atoms with Gasteiger partial charge in [0.2, 0.25) is 0 Å². The molecular formula is C33H43N3O9. The smallest absolute Gasteiger partial charge is 0.328 e. The number of carbonyl (C=O) groups is 3. The summed E-state index contributed by atoms with van der Waals surface area (Å²) in [5, 5.41) is 39.0. The number of phenolic OH excluding ortho intramolecular Hbond substituents is 1. The van der Waals surface area contributed by atoms with Crippen molar-refractivity contribution in [2.24, 2.45) is 33.7 Å². The molecule has 45 heavy (non-hydrogen) atoms. The Morgan fingerprint density at radius 2 is 1.87 bits per heavy atom. The predicted octanol–water partition coefficient (Wildman–Crippen LogP) is 4.16. The molecule has 3 saturated carbocycles. The fraction of sp³-hybridized carbons (Fsp3) is 0.636. The summed E-state index contributed by atoms with van der Waals surface area (Å²) in [5.74, 6) is -0.674. The van der Waals surface area contributed by atoms with E-state index in [2.05, 4.69) is 30.4 Å². The Kier molecular flexibility index (Phi) is 8.82. The number of nitrogens with zero attached hydrogens (tertiary/aromatic N) is 2. The van der Waals surface area contributed by atoms with Crippen LogP contribution in [0.25, 0.3) is 0 Å². The van der Waals surface area contributed by atoms with Gasteiger partial charge in [0, 0.05) is 17.9 Å². The standard InChI is InChI=1S/C33H43N3O9/c1-19(37)33(41)14-11-25-23-7-6-21-17-22(9-12-31(21,2)24(23)10-13-32(25,33)3)35-45-18-29(39)34-26(30(40)44-4)15-20-5-8-28(38)27(16-20)36(42)43/h5,8,16-17,23-26,38,41H,6-7,9-15,18H2,1-4H3,(H,34,39)/b35-22+/t23-,24+,25+,26-,31-,32-,33-/m0/s1. The Hall–Kier alpha value is -3.80. The van der Waals surface area contributed by atoms with Crippen molar-refractivity contribution < 1.29 is 39.1 Å². The molecular weight excluding hydrogens is 582 g/mol. The number of nitro groups is 1. The number of amides is 1. The summed E-state index contributed by atoms with van der Waals surface area (Å²) >= 11 is 0. The number of hydrogen-bond donors (Lipinski definition) is 3. The van der Waals surface area contributed by atoms with E-state index in [1.807, 2.05) is 0 Å². The quantitative estimate of drug-likeness (QED) is 0.207. The SMILES string of the molecule is COC(=O)[C@H](Cc1ccc(O)c([N+](=O)[O-])c1)NC(=O)CO/N=C1/C=C2CC[C@H]3[C@@H](CC[C@@]4(C)[C@@H]3CC[C@]4(O)C(C)=O)[C@@]2(C)CC1. The van der Waals surface area contributed by atoms with Crippen molar-refractivity contribution in [3.05, 3.63) is 45.5 Å². The van der Waals surface area contributed by atoms with E-state index >= 15 is 0 Å². The molecule has 0 radical (unpaired) electrons. The monoisotopic (exact) mass is 625 g/mol. The van der Waals surface area contributed by atoms with Crippen molar-refractivity contribution in [3.8, 4) is 5.75 Å². The number of esters is 1. The molecule has 0 saturated heterocycles. The van der Waals surface area contributed by atoms with Crippen LogP contribution in [0.4, 0.5) is 5.69 Å². The summed E-state index contributed by atoms with van der Waals surface area (Å²) in [6, 6.07) is 2.60. The Morgan fingerprint density at radius 3 is 2.56 bits per heavy atom. The summed E-state index contributed by atoms with van der Waals surface area (Å²) in [6.45, 7) is 5.56. The Balaban J connectivity index is 1.20. The maximum atomic E-state index is 12.7. The van der Waals surface area contributed by atoms with Crippen LogP contribution in [-0.2, 0) is 30.4 Å². The van der Waals surface area contributed by atoms with E-state index in [4.69, 9.17) is 9.57 Å². The van der Waals surface area contributed by atoms with Crippen molar-refractivity contribution in [2.45, 2.75) is 90.2 Å². The molecule has 0 aromatic heterocycles. The number of nitrogens with one attached hydrogen (secondary N) is 1. The molecule has 1 aromatic rings. The summed E-state index contributed by atoms with van der Waals surface area (Å²) < 4.78 is 4.79. The van der Waals surface area contributed by atoms with Crippen LogP contribution in [0.2, 0.25) is 0 Å². The van der Waals surface area contributed by atoms with Crippen molar-refractivity contribution in [2.75, 3.05) is 13.7 Å². The first kappa shape index (κ1) is 32.6. The summed E-state index contributed by atoms with van der Waals surface area (Å²) in [7, 11) is 1.17. The molecule has 3 N–H and O–H groups in total. The zero-order valence-electron chi connectivity index (χ0n) is 26.3. The minimum absolute atomic E-state index is 0.00854. The minimum atomic E-state index is -1.22. The van der Waals surface area contributed by atoms with Gasteiger partial charge in [0.1, 0.15) is 11.6 Å². The highest BCUT2D eigenvalue weighted by molar-refractivity contribution is 5.96. The zero-order valence-corrected chi connectivity index (χ0v) is 26.3. The number of benzene rings is 1. The molecule has 4 aliphatic rings. The largest absolute Gasteiger partial charge is 0.502 e. The number of allylic oxidation sites excluding steroid dienone is 2. The first-order valence-electron chi connectivity index (χ1n) is 15.7. The van der Waals surface area contributed by atoms with Gasteiger partial charge in [-0.2, -0.15) is 0 Å². The lowest BCUT2D eigenvalue weighted by molar-refractivity contribution is -0.385. The van der Waals surface area contributed by atoms with Crippen LogP contribution in [0.5, 0.6) is 5.75 Å². The number of ether oxygens (including phenoxy) is 1. The second kappa shape index (κ2) is 12.2. The number of aliphatic hydroxyl groups is 1. The molecule has 244 valence electrons. The molecule has 4 aliphatic carbocycles. The number of fused-ring (bicyclic) bond motifs is 5.